The Morgan fingerprint density at radius 1 is 0.963 bits per heavy atom. The van der Waals surface area contributed by atoms with Gasteiger partial charge in [-0.05, 0) is 55.4 Å². The molecule has 0 aliphatic heterocycles. The summed E-state index contributed by atoms with van der Waals surface area (Å²) in [6, 6.07) is 19.8. The fourth-order valence-corrected chi connectivity index (χ4v) is 4.97. The SMILES string of the molecule is CC(C)Sc1ccc(C(O)C(C)NC2CCCC(c3ccccc3)C2)cc1. The number of rotatable bonds is 7. The van der Waals surface area contributed by atoms with Crippen LogP contribution in [0.1, 0.15) is 69.6 Å². The van der Waals surface area contributed by atoms with Gasteiger partial charge in [0, 0.05) is 22.2 Å². The van der Waals surface area contributed by atoms with Gasteiger partial charge in [-0.3, -0.25) is 0 Å². The molecule has 27 heavy (non-hydrogen) atoms. The molecule has 0 spiro atoms. The minimum atomic E-state index is -0.472. The Hall–Kier alpha value is -1.29. The molecule has 3 rings (SSSR count). The van der Waals surface area contributed by atoms with Gasteiger partial charge in [-0.25, -0.2) is 0 Å². The first kappa shape index (κ1) is 20.4. The van der Waals surface area contributed by atoms with E-state index in [4.69, 9.17) is 0 Å². The molecule has 2 aromatic carbocycles. The molecule has 2 nitrogen and oxygen atoms in total. The van der Waals surface area contributed by atoms with E-state index in [1.54, 1.807) is 0 Å². The van der Waals surface area contributed by atoms with Crippen LogP contribution >= 0.6 is 11.8 Å². The summed E-state index contributed by atoms with van der Waals surface area (Å²) in [6.07, 6.45) is 4.41. The van der Waals surface area contributed by atoms with E-state index >= 15 is 0 Å². The van der Waals surface area contributed by atoms with E-state index in [0.717, 1.165) is 12.0 Å². The van der Waals surface area contributed by atoms with Crippen molar-refractivity contribution in [1.29, 1.82) is 0 Å². The van der Waals surface area contributed by atoms with Crippen LogP contribution in [0, 0.1) is 0 Å². The first-order chi connectivity index (χ1) is 13.0. The summed E-state index contributed by atoms with van der Waals surface area (Å²) in [5.74, 6) is 0.633. The third-order valence-electron chi connectivity index (χ3n) is 5.51. The van der Waals surface area contributed by atoms with Crippen molar-refractivity contribution in [3.63, 3.8) is 0 Å². The molecule has 4 atom stereocenters. The standard InChI is InChI=1S/C24H33NOS/c1-17(2)27-23-14-12-20(13-15-23)24(26)18(3)25-22-11-7-10-21(16-22)19-8-5-4-6-9-19/h4-6,8-9,12-15,17-18,21-22,24-26H,7,10-11,16H2,1-3H3. The molecule has 3 heteroatoms. The fourth-order valence-electron chi connectivity index (χ4n) is 4.14. The molecule has 0 radical (unpaired) electrons. The van der Waals surface area contributed by atoms with Gasteiger partial charge in [0.15, 0.2) is 0 Å². The van der Waals surface area contributed by atoms with E-state index in [1.165, 1.54) is 29.7 Å². The maximum absolute atomic E-state index is 10.8. The normalized spacial score (nSPS) is 22.6. The summed E-state index contributed by atoms with van der Waals surface area (Å²) in [5.41, 5.74) is 2.45. The zero-order valence-corrected chi connectivity index (χ0v) is 17.6. The highest BCUT2D eigenvalue weighted by molar-refractivity contribution is 7.99. The zero-order valence-electron chi connectivity index (χ0n) is 16.8. The lowest BCUT2D eigenvalue weighted by molar-refractivity contribution is 0.123. The lowest BCUT2D eigenvalue weighted by Gasteiger charge is -2.33. The van der Waals surface area contributed by atoms with E-state index in [2.05, 4.69) is 80.7 Å². The topological polar surface area (TPSA) is 32.3 Å². The van der Waals surface area contributed by atoms with Gasteiger partial charge in [0.2, 0.25) is 0 Å². The van der Waals surface area contributed by atoms with E-state index in [-0.39, 0.29) is 6.04 Å². The van der Waals surface area contributed by atoms with E-state index < -0.39 is 6.10 Å². The number of nitrogens with one attached hydrogen (secondary N) is 1. The summed E-state index contributed by atoms with van der Waals surface area (Å²) in [6.45, 7) is 6.51. The van der Waals surface area contributed by atoms with Gasteiger partial charge in [-0.15, -0.1) is 11.8 Å². The highest BCUT2D eigenvalue weighted by Gasteiger charge is 2.26. The van der Waals surface area contributed by atoms with Crippen molar-refractivity contribution in [2.45, 2.75) is 80.7 Å². The zero-order chi connectivity index (χ0) is 19.2. The molecule has 4 unspecified atom stereocenters. The molecule has 0 bridgehead atoms. The van der Waals surface area contributed by atoms with Crippen LogP contribution < -0.4 is 5.32 Å². The van der Waals surface area contributed by atoms with Crippen LogP contribution in [0.2, 0.25) is 0 Å². The molecule has 0 aromatic heterocycles. The second kappa shape index (κ2) is 9.77. The van der Waals surface area contributed by atoms with Gasteiger partial charge in [0.25, 0.3) is 0 Å². The number of hydrogen-bond donors (Lipinski definition) is 2. The third kappa shape index (κ3) is 5.84. The summed E-state index contributed by atoms with van der Waals surface area (Å²) in [7, 11) is 0. The third-order valence-corrected chi connectivity index (χ3v) is 6.53. The van der Waals surface area contributed by atoms with Crippen LogP contribution in [-0.2, 0) is 0 Å². The predicted octanol–water partition coefficient (Wildman–Crippen LogP) is 5.93. The Bertz CT molecular complexity index is 685. The smallest absolute Gasteiger partial charge is 0.0940 e. The molecule has 146 valence electrons. The minimum absolute atomic E-state index is 0.0492. The summed E-state index contributed by atoms with van der Waals surface area (Å²) in [4.78, 5) is 1.26. The summed E-state index contributed by atoms with van der Waals surface area (Å²) >= 11 is 1.86. The maximum Gasteiger partial charge on any atom is 0.0940 e. The average molecular weight is 384 g/mol. The molecule has 2 N–H and O–H groups in total. The minimum Gasteiger partial charge on any atom is -0.387 e. The fraction of sp³-hybridized carbons (Fsp3) is 0.500. The largest absolute Gasteiger partial charge is 0.387 e. The highest BCUT2D eigenvalue weighted by atomic mass is 32.2. The Morgan fingerprint density at radius 2 is 1.67 bits per heavy atom. The van der Waals surface area contributed by atoms with Crippen LogP contribution in [0.3, 0.4) is 0 Å². The molecule has 0 heterocycles. The Labute approximate surface area is 168 Å². The summed E-state index contributed by atoms with van der Waals surface area (Å²) in [5, 5.41) is 15.1. The molecule has 1 aliphatic rings. The average Bonchev–Trinajstić information content (AvgIpc) is 2.68. The summed E-state index contributed by atoms with van der Waals surface area (Å²) < 4.78 is 0. The van der Waals surface area contributed by atoms with Crippen molar-refractivity contribution < 1.29 is 5.11 Å². The van der Waals surface area contributed by atoms with E-state index in [9.17, 15) is 5.11 Å². The lowest BCUT2D eigenvalue weighted by Crippen LogP contribution is -2.42. The second-order valence-electron chi connectivity index (χ2n) is 8.11. The van der Waals surface area contributed by atoms with Gasteiger partial charge < -0.3 is 10.4 Å². The Balaban J connectivity index is 1.56. The van der Waals surface area contributed by atoms with Crippen molar-refractivity contribution in [2.75, 3.05) is 0 Å². The molecule has 0 amide bonds. The Kier molecular flexibility index (Phi) is 7.40. The van der Waals surface area contributed by atoms with E-state index in [1.807, 2.05) is 11.8 Å². The molecular weight excluding hydrogens is 350 g/mol. The van der Waals surface area contributed by atoms with Crippen molar-refractivity contribution in [3.8, 4) is 0 Å². The molecular formula is C24H33NOS. The monoisotopic (exact) mass is 383 g/mol. The van der Waals surface area contributed by atoms with E-state index in [0.29, 0.717) is 17.2 Å². The van der Waals surface area contributed by atoms with Gasteiger partial charge >= 0.3 is 0 Å². The molecule has 2 aromatic rings. The highest BCUT2D eigenvalue weighted by Crippen LogP contribution is 2.33. The first-order valence-electron chi connectivity index (χ1n) is 10.3. The van der Waals surface area contributed by atoms with Crippen molar-refractivity contribution >= 4 is 11.8 Å². The van der Waals surface area contributed by atoms with Gasteiger partial charge in [0.05, 0.1) is 6.10 Å². The van der Waals surface area contributed by atoms with Gasteiger partial charge in [0.1, 0.15) is 0 Å². The Morgan fingerprint density at radius 3 is 2.33 bits per heavy atom. The van der Waals surface area contributed by atoms with Gasteiger partial charge in [-0.1, -0.05) is 62.7 Å². The van der Waals surface area contributed by atoms with Crippen LogP contribution in [0.15, 0.2) is 59.5 Å². The van der Waals surface area contributed by atoms with Crippen LogP contribution in [0.5, 0.6) is 0 Å². The molecule has 0 saturated heterocycles. The van der Waals surface area contributed by atoms with Crippen molar-refractivity contribution in [2.24, 2.45) is 0 Å². The predicted molar refractivity (Wildman–Crippen MR) is 116 cm³/mol. The van der Waals surface area contributed by atoms with Crippen LogP contribution in [-0.4, -0.2) is 22.4 Å². The first-order valence-corrected chi connectivity index (χ1v) is 11.2. The number of aliphatic hydroxyl groups excluding tert-OH is 1. The number of benzene rings is 2. The second-order valence-corrected chi connectivity index (χ2v) is 9.76. The number of thioether (sulfide) groups is 1. The molecule has 1 fully saturated rings. The quantitative estimate of drug-likeness (QED) is 0.582. The van der Waals surface area contributed by atoms with Crippen molar-refractivity contribution in [1.82, 2.24) is 5.32 Å². The van der Waals surface area contributed by atoms with Gasteiger partial charge in [-0.2, -0.15) is 0 Å². The van der Waals surface area contributed by atoms with Crippen molar-refractivity contribution in [3.05, 3.63) is 65.7 Å². The maximum atomic E-state index is 10.8. The van der Waals surface area contributed by atoms with Crippen LogP contribution in [0.4, 0.5) is 0 Å². The lowest BCUT2D eigenvalue weighted by atomic mass is 9.81. The molecule has 1 aliphatic carbocycles. The van der Waals surface area contributed by atoms with Crippen LogP contribution in [0.25, 0.3) is 0 Å². The molecule has 1 saturated carbocycles. The number of aliphatic hydroxyl groups is 1. The number of hydrogen-bond acceptors (Lipinski definition) is 3.